The van der Waals surface area contributed by atoms with Crippen molar-refractivity contribution in [1.29, 1.82) is 0 Å². The summed E-state index contributed by atoms with van der Waals surface area (Å²) < 4.78 is 5.39. The van der Waals surface area contributed by atoms with E-state index in [0.717, 1.165) is 30.9 Å². The molecule has 2 aromatic carbocycles. The van der Waals surface area contributed by atoms with Crippen LogP contribution in [0.4, 0.5) is 5.69 Å². The summed E-state index contributed by atoms with van der Waals surface area (Å²) in [6, 6.07) is 13.7. The molecule has 0 unspecified atom stereocenters. The van der Waals surface area contributed by atoms with Crippen LogP contribution < -0.4 is 4.74 Å². The van der Waals surface area contributed by atoms with Gasteiger partial charge >= 0.3 is 0 Å². The molecule has 136 valence electrons. The number of hydrogen-bond acceptors (Lipinski definition) is 5. The quantitative estimate of drug-likeness (QED) is 0.609. The van der Waals surface area contributed by atoms with Crippen LogP contribution in [-0.4, -0.2) is 53.9 Å². The third-order valence-electron chi connectivity index (χ3n) is 4.57. The number of nitro benzene ring substituents is 1. The number of ether oxygens (including phenoxy) is 1. The second-order valence-corrected chi connectivity index (χ2v) is 6.18. The predicted molar refractivity (Wildman–Crippen MR) is 97.3 cm³/mol. The van der Waals surface area contributed by atoms with Crippen molar-refractivity contribution in [1.82, 2.24) is 9.80 Å². The summed E-state index contributed by atoms with van der Waals surface area (Å²) in [6.45, 7) is 3.59. The van der Waals surface area contributed by atoms with Gasteiger partial charge in [0.1, 0.15) is 5.75 Å². The number of non-ortho nitro benzene ring substituents is 1. The molecule has 0 N–H and O–H groups in total. The number of hydrogen-bond donors (Lipinski definition) is 0. The van der Waals surface area contributed by atoms with E-state index in [9.17, 15) is 14.9 Å². The van der Waals surface area contributed by atoms with Gasteiger partial charge in [0.05, 0.1) is 12.0 Å². The van der Waals surface area contributed by atoms with Crippen LogP contribution in [0.3, 0.4) is 0 Å². The second-order valence-electron chi connectivity index (χ2n) is 6.18. The zero-order chi connectivity index (χ0) is 18.5. The number of rotatable bonds is 5. The average Bonchev–Trinajstić information content (AvgIpc) is 2.68. The fourth-order valence-electron chi connectivity index (χ4n) is 3.09. The molecular weight excluding hydrogens is 334 g/mol. The van der Waals surface area contributed by atoms with Crippen LogP contribution in [0.15, 0.2) is 48.5 Å². The van der Waals surface area contributed by atoms with Crippen molar-refractivity contribution in [2.24, 2.45) is 0 Å². The van der Waals surface area contributed by atoms with Crippen molar-refractivity contribution in [3.05, 3.63) is 69.8 Å². The Morgan fingerprint density at radius 3 is 2.35 bits per heavy atom. The van der Waals surface area contributed by atoms with Gasteiger partial charge < -0.3 is 9.64 Å². The van der Waals surface area contributed by atoms with E-state index in [2.05, 4.69) is 4.90 Å². The summed E-state index contributed by atoms with van der Waals surface area (Å²) >= 11 is 0. The van der Waals surface area contributed by atoms with Crippen LogP contribution in [0, 0.1) is 10.1 Å². The summed E-state index contributed by atoms with van der Waals surface area (Å²) in [4.78, 5) is 26.9. The van der Waals surface area contributed by atoms with Crippen LogP contribution in [0.5, 0.6) is 5.75 Å². The van der Waals surface area contributed by atoms with Gasteiger partial charge in [0.2, 0.25) is 0 Å². The maximum absolute atomic E-state index is 12.6. The molecule has 1 aliphatic rings. The maximum Gasteiger partial charge on any atom is 0.269 e. The number of methoxy groups -OCH3 is 1. The van der Waals surface area contributed by atoms with E-state index >= 15 is 0 Å². The lowest BCUT2D eigenvalue weighted by molar-refractivity contribution is -0.384. The van der Waals surface area contributed by atoms with E-state index in [1.807, 2.05) is 24.3 Å². The molecule has 1 saturated heterocycles. The fourth-order valence-corrected chi connectivity index (χ4v) is 3.09. The van der Waals surface area contributed by atoms with E-state index in [1.165, 1.54) is 24.3 Å². The molecule has 7 nitrogen and oxygen atoms in total. The number of nitro groups is 1. The van der Waals surface area contributed by atoms with Gasteiger partial charge in [-0.2, -0.15) is 0 Å². The first-order valence-corrected chi connectivity index (χ1v) is 8.46. The lowest BCUT2D eigenvalue weighted by atomic mass is 10.1. The average molecular weight is 355 g/mol. The van der Waals surface area contributed by atoms with E-state index in [1.54, 1.807) is 12.0 Å². The second kappa shape index (κ2) is 7.97. The first kappa shape index (κ1) is 17.9. The lowest BCUT2D eigenvalue weighted by Gasteiger charge is -2.35. The molecule has 0 bridgehead atoms. The molecule has 0 atom stereocenters. The van der Waals surface area contributed by atoms with E-state index in [-0.39, 0.29) is 11.6 Å². The normalized spacial score (nSPS) is 14.9. The van der Waals surface area contributed by atoms with Crippen molar-refractivity contribution in [2.45, 2.75) is 6.54 Å². The number of benzene rings is 2. The summed E-state index contributed by atoms with van der Waals surface area (Å²) in [5.74, 6) is 0.786. The first-order valence-electron chi connectivity index (χ1n) is 8.46. The van der Waals surface area contributed by atoms with Crippen molar-refractivity contribution in [2.75, 3.05) is 33.3 Å². The van der Waals surface area contributed by atoms with Crippen LogP contribution in [0.1, 0.15) is 15.9 Å². The molecule has 1 fully saturated rings. The van der Waals surface area contributed by atoms with Gasteiger partial charge in [-0.25, -0.2) is 0 Å². The van der Waals surface area contributed by atoms with Crippen molar-refractivity contribution >= 4 is 11.6 Å². The number of amides is 1. The lowest BCUT2D eigenvalue weighted by Crippen LogP contribution is -2.48. The maximum atomic E-state index is 12.6. The van der Waals surface area contributed by atoms with Crippen LogP contribution >= 0.6 is 0 Å². The minimum atomic E-state index is -0.467. The molecule has 26 heavy (non-hydrogen) atoms. The number of piperazine rings is 1. The van der Waals surface area contributed by atoms with E-state index in [4.69, 9.17) is 4.74 Å². The van der Waals surface area contributed by atoms with Gasteiger partial charge in [-0.3, -0.25) is 19.8 Å². The highest BCUT2D eigenvalue weighted by Gasteiger charge is 2.23. The molecular formula is C19H21N3O4. The fraction of sp³-hybridized carbons (Fsp3) is 0.316. The van der Waals surface area contributed by atoms with Crippen LogP contribution in [0.25, 0.3) is 0 Å². The molecule has 3 rings (SSSR count). The first-order chi connectivity index (χ1) is 12.6. The topological polar surface area (TPSA) is 75.9 Å². The van der Waals surface area contributed by atoms with E-state index in [0.29, 0.717) is 18.7 Å². The Labute approximate surface area is 151 Å². The zero-order valence-corrected chi connectivity index (χ0v) is 14.6. The number of carbonyl (C=O) groups excluding carboxylic acids is 1. The number of nitrogens with zero attached hydrogens (tertiary/aromatic N) is 3. The van der Waals surface area contributed by atoms with Crippen molar-refractivity contribution in [3.63, 3.8) is 0 Å². The standard InChI is InChI=1S/C19H21N3O4/c1-26-18-5-3-2-4-16(18)14-20-10-12-21(13-11-20)19(23)15-6-8-17(9-7-15)22(24)25/h2-9H,10-14H2,1H3. The monoisotopic (exact) mass is 355 g/mol. The van der Waals surface area contributed by atoms with Crippen LogP contribution in [-0.2, 0) is 6.54 Å². The zero-order valence-electron chi connectivity index (χ0n) is 14.6. The van der Waals surface area contributed by atoms with Crippen molar-refractivity contribution < 1.29 is 14.5 Å². The minimum absolute atomic E-state index is 0.0109. The molecule has 0 aromatic heterocycles. The van der Waals surface area contributed by atoms with Gasteiger partial charge in [-0.1, -0.05) is 18.2 Å². The predicted octanol–water partition coefficient (Wildman–Crippen LogP) is 2.56. The Hall–Kier alpha value is -2.93. The molecule has 0 radical (unpaired) electrons. The Bertz CT molecular complexity index is 784. The van der Waals surface area contributed by atoms with Crippen LogP contribution in [0.2, 0.25) is 0 Å². The molecule has 0 aliphatic carbocycles. The third kappa shape index (κ3) is 4.00. The van der Waals surface area contributed by atoms with Gasteiger partial charge in [0.15, 0.2) is 0 Å². The Kier molecular flexibility index (Phi) is 5.48. The van der Waals surface area contributed by atoms with Gasteiger partial charge in [0.25, 0.3) is 11.6 Å². The molecule has 1 aliphatic heterocycles. The summed E-state index contributed by atoms with van der Waals surface area (Å²) in [5.41, 5.74) is 1.60. The summed E-state index contributed by atoms with van der Waals surface area (Å²) in [5, 5.41) is 10.7. The third-order valence-corrected chi connectivity index (χ3v) is 4.57. The highest BCUT2D eigenvalue weighted by Crippen LogP contribution is 2.20. The molecule has 1 heterocycles. The highest BCUT2D eigenvalue weighted by molar-refractivity contribution is 5.94. The van der Waals surface area contributed by atoms with E-state index < -0.39 is 4.92 Å². The molecule has 0 saturated carbocycles. The highest BCUT2D eigenvalue weighted by atomic mass is 16.6. The van der Waals surface area contributed by atoms with Gasteiger partial charge in [0, 0.05) is 56.0 Å². The summed E-state index contributed by atoms with van der Waals surface area (Å²) in [6.07, 6.45) is 0. The molecule has 2 aromatic rings. The number of carbonyl (C=O) groups is 1. The Balaban J connectivity index is 1.57. The van der Waals surface area contributed by atoms with Gasteiger partial charge in [-0.05, 0) is 18.2 Å². The van der Waals surface area contributed by atoms with Gasteiger partial charge in [-0.15, -0.1) is 0 Å². The molecule has 0 spiro atoms. The number of para-hydroxylation sites is 1. The Morgan fingerprint density at radius 2 is 1.73 bits per heavy atom. The largest absolute Gasteiger partial charge is 0.496 e. The van der Waals surface area contributed by atoms with Crippen molar-refractivity contribution in [3.8, 4) is 5.75 Å². The SMILES string of the molecule is COc1ccccc1CN1CCN(C(=O)c2ccc([N+](=O)[O-])cc2)CC1. The summed E-state index contributed by atoms with van der Waals surface area (Å²) in [7, 11) is 1.67. The molecule has 1 amide bonds. The minimum Gasteiger partial charge on any atom is -0.496 e. The molecule has 7 heteroatoms. The smallest absolute Gasteiger partial charge is 0.269 e. The Morgan fingerprint density at radius 1 is 1.08 bits per heavy atom.